The monoisotopic (exact) mass is 160 g/mol. The third-order valence-electron chi connectivity index (χ3n) is 2.97. The number of hydrogen-bond donors (Lipinski definition) is 0. The Hall–Kier alpha value is -0.780. The van der Waals surface area contributed by atoms with E-state index in [1.54, 1.807) is 5.56 Å². The van der Waals surface area contributed by atoms with Gasteiger partial charge >= 0.3 is 0 Å². The lowest BCUT2D eigenvalue weighted by atomic mass is 9.78. The molecule has 0 bridgehead atoms. The van der Waals surface area contributed by atoms with Crippen LogP contribution in [0.1, 0.15) is 41.9 Å². The van der Waals surface area contributed by atoms with E-state index in [2.05, 4.69) is 32.0 Å². The molecule has 0 radical (unpaired) electrons. The average molecular weight is 160 g/mol. The van der Waals surface area contributed by atoms with Crippen molar-refractivity contribution in [3.05, 3.63) is 34.9 Å². The topological polar surface area (TPSA) is 0 Å². The highest BCUT2D eigenvalue weighted by atomic mass is 14.2. The SMILES string of the molecule is Cc1ccc(C2CCC2)c(C)c1. The van der Waals surface area contributed by atoms with Crippen LogP contribution in [0.25, 0.3) is 0 Å². The van der Waals surface area contributed by atoms with Gasteiger partial charge in [0.2, 0.25) is 0 Å². The lowest BCUT2D eigenvalue weighted by molar-refractivity contribution is 0.418. The Bertz CT molecular complexity index is 282. The zero-order chi connectivity index (χ0) is 8.55. The molecule has 0 amide bonds. The first-order chi connectivity index (χ1) is 5.77. The molecule has 1 saturated carbocycles. The van der Waals surface area contributed by atoms with Gasteiger partial charge in [-0.1, -0.05) is 30.2 Å². The van der Waals surface area contributed by atoms with Crippen LogP contribution in [-0.4, -0.2) is 0 Å². The van der Waals surface area contributed by atoms with E-state index in [1.165, 1.54) is 30.4 Å². The Balaban J connectivity index is 2.31. The molecule has 0 spiro atoms. The standard InChI is InChI=1S/C12H16/c1-9-6-7-12(10(2)8-9)11-4-3-5-11/h6-8,11H,3-5H2,1-2H3. The van der Waals surface area contributed by atoms with Crippen molar-refractivity contribution in [2.75, 3.05) is 0 Å². The quantitative estimate of drug-likeness (QED) is 0.589. The van der Waals surface area contributed by atoms with Crippen molar-refractivity contribution in [1.82, 2.24) is 0 Å². The van der Waals surface area contributed by atoms with Gasteiger partial charge in [-0.3, -0.25) is 0 Å². The van der Waals surface area contributed by atoms with Crippen molar-refractivity contribution in [1.29, 1.82) is 0 Å². The first-order valence-electron chi connectivity index (χ1n) is 4.84. The van der Waals surface area contributed by atoms with Gasteiger partial charge in [0.15, 0.2) is 0 Å². The average Bonchev–Trinajstić information content (AvgIpc) is 1.91. The molecule has 1 fully saturated rings. The van der Waals surface area contributed by atoms with E-state index < -0.39 is 0 Å². The summed E-state index contributed by atoms with van der Waals surface area (Å²) in [6.45, 7) is 4.40. The first kappa shape index (κ1) is 7.85. The molecule has 1 aliphatic rings. The highest BCUT2D eigenvalue weighted by molar-refractivity contribution is 5.33. The van der Waals surface area contributed by atoms with Crippen molar-refractivity contribution >= 4 is 0 Å². The van der Waals surface area contributed by atoms with Crippen molar-refractivity contribution in [2.24, 2.45) is 0 Å². The van der Waals surface area contributed by atoms with Crippen LogP contribution in [0.5, 0.6) is 0 Å². The molecule has 0 atom stereocenters. The minimum Gasteiger partial charge on any atom is -0.0590 e. The van der Waals surface area contributed by atoms with Crippen molar-refractivity contribution < 1.29 is 0 Å². The highest BCUT2D eigenvalue weighted by Crippen LogP contribution is 2.37. The molecular formula is C12H16. The molecule has 1 aliphatic carbocycles. The Labute approximate surface area is 74.6 Å². The van der Waals surface area contributed by atoms with Crippen molar-refractivity contribution in [3.8, 4) is 0 Å². The van der Waals surface area contributed by atoms with Crippen LogP contribution in [0.15, 0.2) is 18.2 Å². The van der Waals surface area contributed by atoms with Gasteiger partial charge in [0, 0.05) is 0 Å². The third kappa shape index (κ3) is 1.26. The van der Waals surface area contributed by atoms with E-state index in [9.17, 15) is 0 Å². The number of aryl methyl sites for hydroxylation is 2. The van der Waals surface area contributed by atoms with Crippen molar-refractivity contribution in [3.63, 3.8) is 0 Å². The van der Waals surface area contributed by atoms with Gasteiger partial charge in [-0.25, -0.2) is 0 Å². The molecule has 0 N–H and O–H groups in total. The Morgan fingerprint density at radius 3 is 2.42 bits per heavy atom. The summed E-state index contributed by atoms with van der Waals surface area (Å²) in [6, 6.07) is 6.85. The van der Waals surface area contributed by atoms with Gasteiger partial charge in [0.05, 0.1) is 0 Å². The fourth-order valence-corrected chi connectivity index (χ4v) is 2.00. The Morgan fingerprint density at radius 1 is 1.17 bits per heavy atom. The van der Waals surface area contributed by atoms with Gasteiger partial charge in [-0.05, 0) is 43.7 Å². The van der Waals surface area contributed by atoms with Gasteiger partial charge in [0.25, 0.3) is 0 Å². The first-order valence-corrected chi connectivity index (χ1v) is 4.84. The molecule has 64 valence electrons. The molecule has 12 heavy (non-hydrogen) atoms. The summed E-state index contributed by atoms with van der Waals surface area (Å²) in [4.78, 5) is 0. The van der Waals surface area contributed by atoms with Crippen LogP contribution < -0.4 is 0 Å². The maximum atomic E-state index is 2.31. The van der Waals surface area contributed by atoms with E-state index in [4.69, 9.17) is 0 Å². The van der Waals surface area contributed by atoms with E-state index in [0.717, 1.165) is 5.92 Å². The van der Waals surface area contributed by atoms with Gasteiger partial charge < -0.3 is 0 Å². The van der Waals surface area contributed by atoms with Crippen LogP contribution in [-0.2, 0) is 0 Å². The summed E-state index contributed by atoms with van der Waals surface area (Å²) >= 11 is 0. The normalized spacial score (nSPS) is 17.5. The molecule has 0 nitrogen and oxygen atoms in total. The molecule has 1 aromatic rings. The molecule has 0 heterocycles. The third-order valence-corrected chi connectivity index (χ3v) is 2.97. The largest absolute Gasteiger partial charge is 0.0590 e. The second-order valence-corrected chi connectivity index (χ2v) is 3.99. The molecule has 0 aliphatic heterocycles. The predicted octanol–water partition coefficient (Wildman–Crippen LogP) is 3.57. The molecule has 0 heteroatoms. The number of benzene rings is 1. The lowest BCUT2D eigenvalue weighted by Crippen LogP contribution is -2.10. The maximum absolute atomic E-state index is 2.31. The van der Waals surface area contributed by atoms with Crippen LogP contribution in [0.4, 0.5) is 0 Å². The van der Waals surface area contributed by atoms with Gasteiger partial charge in [0.1, 0.15) is 0 Å². The predicted molar refractivity (Wildman–Crippen MR) is 52.5 cm³/mol. The minimum atomic E-state index is 0.880. The number of hydrogen-bond acceptors (Lipinski definition) is 0. The smallest absolute Gasteiger partial charge is 0.0159 e. The van der Waals surface area contributed by atoms with Crippen LogP contribution >= 0.6 is 0 Å². The van der Waals surface area contributed by atoms with Crippen LogP contribution in [0, 0.1) is 13.8 Å². The second-order valence-electron chi connectivity index (χ2n) is 3.99. The van der Waals surface area contributed by atoms with Gasteiger partial charge in [-0.15, -0.1) is 0 Å². The number of rotatable bonds is 1. The summed E-state index contributed by atoms with van der Waals surface area (Å²) in [5, 5.41) is 0. The summed E-state index contributed by atoms with van der Waals surface area (Å²) in [5.41, 5.74) is 4.46. The summed E-state index contributed by atoms with van der Waals surface area (Å²) in [7, 11) is 0. The molecular weight excluding hydrogens is 144 g/mol. The molecule has 0 aromatic heterocycles. The zero-order valence-corrected chi connectivity index (χ0v) is 7.93. The summed E-state index contributed by atoms with van der Waals surface area (Å²) in [6.07, 6.45) is 4.24. The van der Waals surface area contributed by atoms with E-state index in [0.29, 0.717) is 0 Å². The van der Waals surface area contributed by atoms with Crippen LogP contribution in [0.3, 0.4) is 0 Å². The van der Waals surface area contributed by atoms with E-state index >= 15 is 0 Å². The van der Waals surface area contributed by atoms with E-state index in [1.807, 2.05) is 0 Å². The Morgan fingerprint density at radius 2 is 1.92 bits per heavy atom. The fourth-order valence-electron chi connectivity index (χ4n) is 2.00. The molecule has 0 saturated heterocycles. The lowest BCUT2D eigenvalue weighted by Gasteiger charge is -2.27. The second kappa shape index (κ2) is 2.93. The van der Waals surface area contributed by atoms with Gasteiger partial charge in [-0.2, -0.15) is 0 Å². The highest BCUT2D eigenvalue weighted by Gasteiger charge is 2.20. The van der Waals surface area contributed by atoms with E-state index in [-0.39, 0.29) is 0 Å². The van der Waals surface area contributed by atoms with Crippen LogP contribution in [0.2, 0.25) is 0 Å². The molecule has 1 aromatic carbocycles. The maximum Gasteiger partial charge on any atom is -0.0159 e. The summed E-state index contributed by atoms with van der Waals surface area (Å²) in [5.74, 6) is 0.880. The fraction of sp³-hybridized carbons (Fsp3) is 0.500. The van der Waals surface area contributed by atoms with Crippen molar-refractivity contribution in [2.45, 2.75) is 39.0 Å². The molecule has 0 unspecified atom stereocenters. The summed E-state index contributed by atoms with van der Waals surface area (Å²) < 4.78 is 0. The minimum absolute atomic E-state index is 0.880. The Kier molecular flexibility index (Phi) is 1.92. The molecule has 2 rings (SSSR count). The zero-order valence-electron chi connectivity index (χ0n) is 7.93.